The zero-order valence-corrected chi connectivity index (χ0v) is 17.9. The number of rotatable bonds is 1. The van der Waals surface area contributed by atoms with E-state index < -0.39 is 0 Å². The number of methoxy groups -OCH3 is 1. The molecule has 5 rings (SSSR count). The number of carbonyl (C=O) groups is 3. The van der Waals surface area contributed by atoms with Gasteiger partial charge in [-0.2, -0.15) is 0 Å². The molecule has 0 radical (unpaired) electrons. The van der Waals surface area contributed by atoms with Crippen LogP contribution in [0.15, 0.2) is 23.3 Å². The number of carbonyl (C=O) groups excluding carboxylic acids is 3. The first-order chi connectivity index (χ1) is 13.7. The number of esters is 1. The Morgan fingerprint density at radius 1 is 1.10 bits per heavy atom. The van der Waals surface area contributed by atoms with Crippen molar-refractivity contribution in [1.82, 2.24) is 0 Å². The molecule has 0 heterocycles. The van der Waals surface area contributed by atoms with Gasteiger partial charge < -0.3 is 4.74 Å². The lowest BCUT2D eigenvalue weighted by atomic mass is 9.47. The van der Waals surface area contributed by atoms with Crippen LogP contribution in [0.2, 0.25) is 0 Å². The van der Waals surface area contributed by atoms with E-state index in [2.05, 4.69) is 26.0 Å². The Bertz CT molecular complexity index is 866. The number of Topliss-reactive ketones (excluding diaryl/α,β-unsaturated/α-hetero) is 2. The Hall–Kier alpha value is -1.71. The average molecular weight is 397 g/mol. The molecule has 0 aromatic rings. The molecule has 0 amide bonds. The SMILES string of the molecule is COC(=O)[C@@H]1C=C2CC(=O)CC[C@]2(C)C2=CC[C@@]3(C)C(CC[C@@]34CCC(=O)C4)C21. The van der Waals surface area contributed by atoms with Crippen LogP contribution in [0.4, 0.5) is 0 Å². The molecule has 6 atom stereocenters. The zero-order chi connectivity index (χ0) is 20.6. The summed E-state index contributed by atoms with van der Waals surface area (Å²) in [5, 5.41) is 0. The maximum absolute atomic E-state index is 12.9. The number of hydrogen-bond acceptors (Lipinski definition) is 4. The lowest BCUT2D eigenvalue weighted by Gasteiger charge is -2.56. The van der Waals surface area contributed by atoms with Gasteiger partial charge in [-0.3, -0.25) is 14.4 Å². The smallest absolute Gasteiger partial charge is 0.313 e. The monoisotopic (exact) mass is 396 g/mol. The molecule has 0 aliphatic heterocycles. The van der Waals surface area contributed by atoms with Gasteiger partial charge >= 0.3 is 5.97 Å². The van der Waals surface area contributed by atoms with Crippen molar-refractivity contribution in [3.63, 3.8) is 0 Å². The van der Waals surface area contributed by atoms with Crippen LogP contribution in [0.25, 0.3) is 0 Å². The highest BCUT2D eigenvalue weighted by Gasteiger charge is 2.65. The molecule has 0 aromatic heterocycles. The summed E-state index contributed by atoms with van der Waals surface area (Å²) in [6, 6.07) is 0. The molecule has 3 fully saturated rings. The van der Waals surface area contributed by atoms with Gasteiger partial charge in [0.1, 0.15) is 11.6 Å². The van der Waals surface area contributed by atoms with E-state index in [0.717, 1.165) is 37.7 Å². The van der Waals surface area contributed by atoms with Gasteiger partial charge in [-0.25, -0.2) is 0 Å². The Balaban J connectivity index is 1.63. The van der Waals surface area contributed by atoms with Crippen molar-refractivity contribution < 1.29 is 19.1 Å². The largest absolute Gasteiger partial charge is 0.469 e. The highest BCUT2D eigenvalue weighted by molar-refractivity contribution is 5.85. The van der Waals surface area contributed by atoms with E-state index in [9.17, 15) is 14.4 Å². The number of ketones is 2. The second-order valence-corrected chi connectivity index (χ2v) is 10.7. The average Bonchev–Trinajstić information content (AvgIpc) is 3.22. The van der Waals surface area contributed by atoms with Crippen LogP contribution in [0, 0.1) is 34.0 Å². The topological polar surface area (TPSA) is 60.4 Å². The predicted octanol–water partition coefficient (Wildman–Crippen LogP) is 4.58. The van der Waals surface area contributed by atoms with Crippen LogP contribution in [-0.4, -0.2) is 24.6 Å². The molecule has 4 heteroatoms. The molecule has 3 saturated carbocycles. The molecule has 0 aromatic carbocycles. The first-order valence-electron chi connectivity index (χ1n) is 11.3. The van der Waals surface area contributed by atoms with Crippen LogP contribution in [-0.2, 0) is 19.1 Å². The number of hydrogen-bond donors (Lipinski definition) is 0. The van der Waals surface area contributed by atoms with Crippen molar-refractivity contribution in [2.24, 2.45) is 34.0 Å². The van der Waals surface area contributed by atoms with Crippen molar-refractivity contribution in [3.05, 3.63) is 23.3 Å². The van der Waals surface area contributed by atoms with Gasteiger partial charge in [-0.15, -0.1) is 0 Å². The molecule has 0 saturated heterocycles. The molecule has 5 aliphatic carbocycles. The van der Waals surface area contributed by atoms with Gasteiger partial charge in [0.25, 0.3) is 0 Å². The van der Waals surface area contributed by atoms with Crippen molar-refractivity contribution in [3.8, 4) is 0 Å². The summed E-state index contributed by atoms with van der Waals surface area (Å²) in [7, 11) is 1.47. The van der Waals surface area contributed by atoms with Crippen LogP contribution in [0.5, 0.6) is 0 Å². The highest BCUT2D eigenvalue weighted by atomic mass is 16.5. The maximum atomic E-state index is 12.9. The molecule has 0 bridgehead atoms. The second kappa shape index (κ2) is 6.15. The standard InChI is InChI=1S/C25H32O4/c1-23-8-4-16(26)12-15(23)13-18(22(28)29-3)21-19(23)6-9-24(2)20(21)7-11-25(24)10-5-17(27)14-25/h6,13,18,20-21H,4-5,7-12,14H2,1-3H3/t18-,20?,21?,23+,24+,25-/m1/s1. The Kier molecular flexibility index (Phi) is 4.09. The first kappa shape index (κ1) is 19.3. The molecule has 29 heavy (non-hydrogen) atoms. The molecule has 1 spiro atoms. The minimum Gasteiger partial charge on any atom is -0.469 e. The van der Waals surface area contributed by atoms with Crippen LogP contribution in [0.3, 0.4) is 0 Å². The third kappa shape index (κ3) is 2.41. The molecule has 0 N–H and O–H groups in total. The van der Waals surface area contributed by atoms with Gasteiger partial charge in [-0.1, -0.05) is 37.1 Å². The number of ether oxygens (including phenoxy) is 1. The first-order valence-corrected chi connectivity index (χ1v) is 11.3. The Labute approximate surface area is 173 Å². The molecule has 156 valence electrons. The van der Waals surface area contributed by atoms with Crippen molar-refractivity contribution >= 4 is 17.5 Å². The van der Waals surface area contributed by atoms with Crippen molar-refractivity contribution in [2.75, 3.05) is 7.11 Å². The lowest BCUT2D eigenvalue weighted by Crippen LogP contribution is -2.50. The third-order valence-corrected chi connectivity index (χ3v) is 9.80. The summed E-state index contributed by atoms with van der Waals surface area (Å²) < 4.78 is 5.24. The van der Waals surface area contributed by atoms with Gasteiger partial charge in [-0.05, 0) is 48.9 Å². The van der Waals surface area contributed by atoms with Crippen LogP contribution in [0.1, 0.15) is 71.6 Å². The normalized spacial score (nSPS) is 46.0. The van der Waals surface area contributed by atoms with Gasteiger partial charge in [0.15, 0.2) is 0 Å². The molecular formula is C25H32O4. The predicted molar refractivity (Wildman–Crippen MR) is 109 cm³/mol. The van der Waals surface area contributed by atoms with E-state index in [0.29, 0.717) is 37.4 Å². The highest BCUT2D eigenvalue weighted by Crippen LogP contribution is 2.71. The van der Waals surface area contributed by atoms with Crippen LogP contribution < -0.4 is 0 Å². The summed E-state index contributed by atoms with van der Waals surface area (Å²) in [4.78, 5) is 37.4. The van der Waals surface area contributed by atoms with E-state index >= 15 is 0 Å². The Morgan fingerprint density at radius 2 is 1.86 bits per heavy atom. The summed E-state index contributed by atoms with van der Waals surface area (Å²) in [5.41, 5.74) is 2.56. The molecule has 5 aliphatic rings. The maximum Gasteiger partial charge on any atom is 0.313 e. The fourth-order valence-electron chi connectivity index (χ4n) is 8.01. The van der Waals surface area contributed by atoms with Crippen molar-refractivity contribution in [1.29, 1.82) is 0 Å². The minimum atomic E-state index is -0.308. The van der Waals surface area contributed by atoms with Crippen LogP contribution >= 0.6 is 0 Å². The van der Waals surface area contributed by atoms with Gasteiger partial charge in [0.2, 0.25) is 0 Å². The van der Waals surface area contributed by atoms with E-state index in [4.69, 9.17) is 4.74 Å². The number of allylic oxidation sites excluding steroid dienone is 3. The van der Waals surface area contributed by atoms with E-state index in [1.54, 1.807) is 0 Å². The second-order valence-electron chi connectivity index (χ2n) is 10.7. The summed E-state index contributed by atoms with van der Waals surface area (Å²) in [6.45, 7) is 4.67. The van der Waals surface area contributed by atoms with E-state index in [-0.39, 0.29) is 39.8 Å². The van der Waals surface area contributed by atoms with Crippen molar-refractivity contribution in [2.45, 2.75) is 71.6 Å². The fourth-order valence-corrected chi connectivity index (χ4v) is 8.01. The van der Waals surface area contributed by atoms with Gasteiger partial charge in [0.05, 0.1) is 13.0 Å². The molecular weight excluding hydrogens is 364 g/mol. The summed E-state index contributed by atoms with van der Waals surface area (Å²) in [5.74, 6) is 0.734. The molecule has 4 nitrogen and oxygen atoms in total. The Morgan fingerprint density at radius 3 is 2.55 bits per heavy atom. The van der Waals surface area contributed by atoms with E-state index in [1.807, 2.05) is 0 Å². The summed E-state index contributed by atoms with van der Waals surface area (Å²) >= 11 is 0. The molecule has 2 unspecified atom stereocenters. The summed E-state index contributed by atoms with van der Waals surface area (Å²) in [6.07, 6.45) is 12.0. The number of fused-ring (bicyclic) bond motifs is 6. The third-order valence-electron chi connectivity index (χ3n) is 9.80. The van der Waals surface area contributed by atoms with E-state index in [1.165, 1.54) is 12.7 Å². The fraction of sp³-hybridized carbons (Fsp3) is 0.720. The minimum absolute atomic E-state index is 0.0613. The lowest BCUT2D eigenvalue weighted by molar-refractivity contribution is -0.147. The van der Waals surface area contributed by atoms with Gasteiger partial charge in [0, 0.05) is 37.0 Å². The quantitative estimate of drug-likeness (QED) is 0.481. The zero-order valence-electron chi connectivity index (χ0n) is 17.9.